The largest absolute Gasteiger partial charge is 0.417 e. The minimum absolute atomic E-state index is 0.0573. The minimum Gasteiger partial charge on any atom is -0.324 e. The predicted octanol–water partition coefficient (Wildman–Crippen LogP) is 5.44. The molecule has 1 aromatic rings. The summed E-state index contributed by atoms with van der Waals surface area (Å²) in [5.41, 5.74) is 5.85. The van der Waals surface area contributed by atoms with Gasteiger partial charge in [0.25, 0.3) is 0 Å². The van der Waals surface area contributed by atoms with E-state index >= 15 is 0 Å². The normalized spacial score (nSPS) is 13.6. The van der Waals surface area contributed by atoms with Crippen molar-refractivity contribution in [3.8, 4) is 0 Å². The van der Waals surface area contributed by atoms with Crippen LogP contribution in [0.5, 0.6) is 0 Å². The maximum absolute atomic E-state index is 12.8. The van der Waals surface area contributed by atoms with Gasteiger partial charge in [0, 0.05) is 10.5 Å². The summed E-state index contributed by atoms with van der Waals surface area (Å²) >= 11 is 2.93. The van der Waals surface area contributed by atoms with Crippen LogP contribution < -0.4 is 5.73 Å². The molecule has 0 spiro atoms. The van der Waals surface area contributed by atoms with Gasteiger partial charge in [0.15, 0.2) is 0 Å². The van der Waals surface area contributed by atoms with Crippen LogP contribution in [0.3, 0.4) is 0 Å². The zero-order chi connectivity index (χ0) is 14.5. The van der Waals surface area contributed by atoms with Crippen molar-refractivity contribution in [1.29, 1.82) is 0 Å². The maximum atomic E-state index is 12.8. The van der Waals surface area contributed by atoms with E-state index in [-0.39, 0.29) is 10.5 Å². The molecule has 0 heterocycles. The van der Waals surface area contributed by atoms with E-state index in [0.717, 1.165) is 38.2 Å². The standard InChI is InChI=1S/C14H19BrF3N/c1-2-3-4-5-6-13(19)10-7-8-12(15)11(9-10)14(16,17)18/h7-9,13H,2-6,19H2,1H3. The van der Waals surface area contributed by atoms with Crippen molar-refractivity contribution < 1.29 is 13.2 Å². The smallest absolute Gasteiger partial charge is 0.324 e. The van der Waals surface area contributed by atoms with E-state index in [1.54, 1.807) is 6.07 Å². The molecule has 0 aliphatic carbocycles. The van der Waals surface area contributed by atoms with Gasteiger partial charge in [0.05, 0.1) is 5.56 Å². The molecular weight excluding hydrogens is 319 g/mol. The fourth-order valence-corrected chi connectivity index (χ4v) is 2.42. The molecule has 0 fully saturated rings. The lowest BCUT2D eigenvalue weighted by atomic mass is 9.99. The Kier molecular flexibility index (Phi) is 6.33. The van der Waals surface area contributed by atoms with Gasteiger partial charge >= 0.3 is 6.18 Å². The second-order valence-corrected chi connectivity index (χ2v) is 5.55. The SMILES string of the molecule is CCCCCCC(N)c1ccc(Br)c(C(F)(F)F)c1. The van der Waals surface area contributed by atoms with Crippen LogP contribution in [0, 0.1) is 0 Å². The van der Waals surface area contributed by atoms with E-state index < -0.39 is 11.7 Å². The fraction of sp³-hybridized carbons (Fsp3) is 0.571. The van der Waals surface area contributed by atoms with Gasteiger partial charge in [-0.2, -0.15) is 13.2 Å². The van der Waals surface area contributed by atoms with Gasteiger partial charge in [-0.05, 0) is 24.1 Å². The second kappa shape index (κ2) is 7.29. The van der Waals surface area contributed by atoms with Crippen molar-refractivity contribution >= 4 is 15.9 Å². The van der Waals surface area contributed by atoms with Crippen LogP contribution in [0.4, 0.5) is 13.2 Å². The van der Waals surface area contributed by atoms with Gasteiger partial charge in [0.2, 0.25) is 0 Å². The summed E-state index contributed by atoms with van der Waals surface area (Å²) in [6.07, 6.45) is 0.668. The highest BCUT2D eigenvalue weighted by atomic mass is 79.9. The van der Waals surface area contributed by atoms with Gasteiger partial charge in [-0.25, -0.2) is 0 Å². The topological polar surface area (TPSA) is 26.0 Å². The number of nitrogens with two attached hydrogens (primary N) is 1. The van der Waals surface area contributed by atoms with E-state index in [1.807, 2.05) is 0 Å². The Morgan fingerprint density at radius 2 is 1.89 bits per heavy atom. The molecular formula is C14H19BrF3N. The first kappa shape index (κ1) is 16.5. The first-order valence-electron chi connectivity index (χ1n) is 6.48. The van der Waals surface area contributed by atoms with Crippen LogP contribution >= 0.6 is 15.9 Å². The average molecular weight is 338 g/mol. The van der Waals surface area contributed by atoms with Crippen molar-refractivity contribution in [2.24, 2.45) is 5.73 Å². The highest BCUT2D eigenvalue weighted by molar-refractivity contribution is 9.10. The number of hydrogen-bond acceptors (Lipinski definition) is 1. The van der Waals surface area contributed by atoms with Crippen molar-refractivity contribution in [3.63, 3.8) is 0 Å². The Hall–Kier alpha value is -0.550. The highest BCUT2D eigenvalue weighted by Gasteiger charge is 2.33. The Bertz CT molecular complexity index is 404. The monoisotopic (exact) mass is 337 g/mol. The van der Waals surface area contributed by atoms with E-state index in [9.17, 15) is 13.2 Å². The molecule has 2 N–H and O–H groups in total. The van der Waals surface area contributed by atoms with Crippen LogP contribution in [-0.4, -0.2) is 0 Å². The Morgan fingerprint density at radius 3 is 2.47 bits per heavy atom. The summed E-state index contributed by atoms with van der Waals surface area (Å²) in [6.45, 7) is 2.12. The zero-order valence-electron chi connectivity index (χ0n) is 10.9. The van der Waals surface area contributed by atoms with Crippen LogP contribution in [0.1, 0.15) is 56.2 Å². The van der Waals surface area contributed by atoms with Crippen molar-refractivity contribution in [1.82, 2.24) is 0 Å². The lowest BCUT2D eigenvalue weighted by molar-refractivity contribution is -0.138. The maximum Gasteiger partial charge on any atom is 0.417 e. The van der Waals surface area contributed by atoms with Crippen LogP contribution in [0.15, 0.2) is 22.7 Å². The van der Waals surface area contributed by atoms with Crippen LogP contribution in [0.2, 0.25) is 0 Å². The third kappa shape index (κ3) is 5.15. The predicted molar refractivity (Wildman–Crippen MR) is 74.8 cm³/mol. The number of unbranched alkanes of at least 4 members (excludes halogenated alkanes) is 3. The average Bonchev–Trinajstić information content (AvgIpc) is 2.33. The summed E-state index contributed by atoms with van der Waals surface area (Å²) in [4.78, 5) is 0. The highest BCUT2D eigenvalue weighted by Crippen LogP contribution is 2.36. The summed E-state index contributed by atoms with van der Waals surface area (Å²) in [7, 11) is 0. The summed E-state index contributed by atoms with van der Waals surface area (Å²) in [5, 5.41) is 0. The molecule has 0 aliphatic heterocycles. The lowest BCUT2D eigenvalue weighted by Gasteiger charge is -2.15. The van der Waals surface area contributed by atoms with E-state index in [2.05, 4.69) is 22.9 Å². The third-order valence-electron chi connectivity index (χ3n) is 3.09. The minimum atomic E-state index is -4.35. The number of rotatable bonds is 6. The first-order valence-corrected chi connectivity index (χ1v) is 7.27. The molecule has 0 bridgehead atoms. The van der Waals surface area contributed by atoms with E-state index in [0.29, 0.717) is 5.56 Å². The van der Waals surface area contributed by atoms with E-state index in [4.69, 9.17) is 5.73 Å². The fourth-order valence-electron chi connectivity index (χ4n) is 1.95. The lowest BCUT2D eigenvalue weighted by Crippen LogP contribution is -2.13. The van der Waals surface area contributed by atoms with Crippen molar-refractivity contribution in [3.05, 3.63) is 33.8 Å². The molecule has 108 valence electrons. The third-order valence-corrected chi connectivity index (χ3v) is 3.78. The number of halogens is 4. The Labute approximate surface area is 120 Å². The van der Waals surface area contributed by atoms with Gasteiger partial charge in [-0.3, -0.25) is 0 Å². The number of hydrogen-bond donors (Lipinski definition) is 1. The van der Waals surface area contributed by atoms with E-state index in [1.165, 1.54) is 6.07 Å². The summed E-state index contributed by atoms with van der Waals surface area (Å²) in [5.74, 6) is 0. The summed E-state index contributed by atoms with van der Waals surface area (Å²) in [6, 6.07) is 3.90. The first-order chi connectivity index (χ1) is 8.86. The quantitative estimate of drug-likeness (QED) is 0.687. The second-order valence-electron chi connectivity index (χ2n) is 4.69. The molecule has 0 radical (unpaired) electrons. The molecule has 19 heavy (non-hydrogen) atoms. The molecule has 0 amide bonds. The van der Waals surface area contributed by atoms with Crippen LogP contribution in [-0.2, 0) is 6.18 Å². The van der Waals surface area contributed by atoms with Crippen molar-refractivity contribution in [2.75, 3.05) is 0 Å². The summed E-state index contributed by atoms with van der Waals surface area (Å²) < 4.78 is 38.4. The van der Waals surface area contributed by atoms with Crippen LogP contribution in [0.25, 0.3) is 0 Å². The van der Waals surface area contributed by atoms with Gasteiger partial charge in [-0.1, -0.05) is 54.6 Å². The van der Waals surface area contributed by atoms with Gasteiger partial charge in [-0.15, -0.1) is 0 Å². The molecule has 0 aromatic heterocycles. The number of benzene rings is 1. The molecule has 1 rings (SSSR count). The molecule has 1 atom stereocenters. The molecule has 0 saturated heterocycles. The molecule has 0 aliphatic rings. The van der Waals surface area contributed by atoms with Crippen molar-refractivity contribution in [2.45, 2.75) is 51.2 Å². The Balaban J connectivity index is 2.73. The van der Waals surface area contributed by atoms with Gasteiger partial charge in [0.1, 0.15) is 0 Å². The Morgan fingerprint density at radius 1 is 1.21 bits per heavy atom. The molecule has 1 aromatic carbocycles. The van der Waals surface area contributed by atoms with Gasteiger partial charge < -0.3 is 5.73 Å². The molecule has 5 heteroatoms. The molecule has 1 unspecified atom stereocenters. The number of alkyl halides is 3. The molecule has 1 nitrogen and oxygen atoms in total. The zero-order valence-corrected chi connectivity index (χ0v) is 12.5. The molecule has 0 saturated carbocycles.